The zero-order chi connectivity index (χ0) is 23.4. The van der Waals surface area contributed by atoms with Crippen molar-refractivity contribution in [3.8, 4) is 0 Å². The van der Waals surface area contributed by atoms with E-state index >= 15 is 0 Å². The molecule has 0 bridgehead atoms. The van der Waals surface area contributed by atoms with Crippen LogP contribution in [0.15, 0.2) is 72.1 Å². The summed E-state index contributed by atoms with van der Waals surface area (Å²) in [5, 5.41) is 5.09. The van der Waals surface area contributed by atoms with Crippen molar-refractivity contribution in [2.75, 3.05) is 13.1 Å². The fourth-order valence-corrected chi connectivity index (χ4v) is 5.19. The highest BCUT2D eigenvalue weighted by atomic mass is 32.1. The number of nitrogens with zero attached hydrogens (tertiary/aromatic N) is 2. The Hall–Kier alpha value is -3.12. The number of nitrogens with one attached hydrogen (secondary N) is 1. The molecule has 0 spiro atoms. The highest BCUT2D eigenvalue weighted by Gasteiger charge is 2.36. The molecule has 6 heteroatoms. The molecule has 1 aromatic heterocycles. The monoisotopic (exact) mass is 461 g/mol. The Balaban J connectivity index is 1.54. The molecule has 0 saturated carbocycles. The molecule has 2 heterocycles. The second-order valence-corrected chi connectivity index (χ2v) is 10.4. The van der Waals surface area contributed by atoms with Crippen molar-refractivity contribution in [3.05, 3.63) is 93.7 Å². The van der Waals surface area contributed by atoms with Gasteiger partial charge in [-0.15, -0.1) is 11.3 Å². The van der Waals surface area contributed by atoms with E-state index in [-0.39, 0.29) is 24.5 Å². The van der Waals surface area contributed by atoms with Crippen LogP contribution in [0, 0.1) is 0 Å². The number of thiophene rings is 1. The largest absolute Gasteiger partial charge is 0.334 e. The lowest BCUT2D eigenvalue weighted by molar-refractivity contribution is -0.134. The molecule has 1 aliphatic rings. The average molecular weight is 462 g/mol. The van der Waals surface area contributed by atoms with Crippen LogP contribution in [-0.2, 0) is 17.8 Å². The topological polar surface area (TPSA) is 52.7 Å². The van der Waals surface area contributed by atoms with Crippen LogP contribution in [0.4, 0.5) is 4.79 Å². The molecule has 172 valence electrons. The van der Waals surface area contributed by atoms with Gasteiger partial charge in [0, 0.05) is 23.5 Å². The molecule has 1 N–H and O–H groups in total. The van der Waals surface area contributed by atoms with Crippen molar-refractivity contribution >= 4 is 23.3 Å². The van der Waals surface area contributed by atoms with E-state index in [9.17, 15) is 9.59 Å². The number of carbonyl (C=O) groups is 2. The van der Waals surface area contributed by atoms with Crippen molar-refractivity contribution in [2.24, 2.45) is 0 Å². The van der Waals surface area contributed by atoms with Crippen LogP contribution in [0.25, 0.3) is 0 Å². The van der Waals surface area contributed by atoms with E-state index < -0.39 is 5.54 Å². The number of hydrogen-bond acceptors (Lipinski definition) is 3. The van der Waals surface area contributed by atoms with E-state index in [1.807, 2.05) is 74.2 Å². The first-order valence-electron chi connectivity index (χ1n) is 11.3. The Morgan fingerprint density at radius 3 is 2.36 bits per heavy atom. The maximum absolute atomic E-state index is 13.7. The fraction of sp³-hybridized carbons (Fsp3) is 0.333. The minimum absolute atomic E-state index is 0.0346. The number of amides is 3. The Bertz CT molecular complexity index is 1090. The van der Waals surface area contributed by atoms with E-state index in [0.717, 1.165) is 17.5 Å². The van der Waals surface area contributed by atoms with Crippen LogP contribution < -0.4 is 5.32 Å². The quantitative estimate of drug-likeness (QED) is 0.565. The van der Waals surface area contributed by atoms with Gasteiger partial charge in [0.1, 0.15) is 6.54 Å². The number of benzene rings is 2. The van der Waals surface area contributed by atoms with Gasteiger partial charge in [0.05, 0.1) is 6.04 Å². The lowest BCUT2D eigenvalue weighted by Crippen LogP contribution is -2.55. The van der Waals surface area contributed by atoms with Gasteiger partial charge in [-0.1, -0.05) is 60.7 Å². The van der Waals surface area contributed by atoms with Crippen molar-refractivity contribution in [1.29, 1.82) is 0 Å². The Morgan fingerprint density at radius 1 is 1.03 bits per heavy atom. The van der Waals surface area contributed by atoms with Crippen LogP contribution in [0.2, 0.25) is 0 Å². The fourth-order valence-electron chi connectivity index (χ4n) is 4.29. The summed E-state index contributed by atoms with van der Waals surface area (Å²) >= 11 is 1.75. The predicted molar refractivity (Wildman–Crippen MR) is 133 cm³/mol. The third-order valence-electron chi connectivity index (χ3n) is 6.04. The van der Waals surface area contributed by atoms with E-state index in [0.29, 0.717) is 13.1 Å². The average Bonchev–Trinajstić information content (AvgIpc) is 3.29. The predicted octanol–water partition coefficient (Wildman–Crippen LogP) is 5.23. The zero-order valence-electron chi connectivity index (χ0n) is 19.5. The summed E-state index contributed by atoms with van der Waals surface area (Å²) in [4.78, 5) is 31.7. The summed E-state index contributed by atoms with van der Waals surface area (Å²) in [7, 11) is 0. The summed E-state index contributed by atoms with van der Waals surface area (Å²) < 4.78 is 0. The van der Waals surface area contributed by atoms with Gasteiger partial charge in [-0.25, -0.2) is 4.79 Å². The number of hydrogen-bond donors (Lipinski definition) is 1. The Labute approximate surface area is 200 Å². The van der Waals surface area contributed by atoms with Gasteiger partial charge in [-0.3, -0.25) is 4.79 Å². The zero-order valence-corrected chi connectivity index (χ0v) is 20.3. The molecule has 1 atom stereocenters. The lowest BCUT2D eigenvalue weighted by atomic mass is 9.93. The Morgan fingerprint density at radius 2 is 1.70 bits per heavy atom. The van der Waals surface area contributed by atoms with E-state index in [4.69, 9.17) is 0 Å². The molecular formula is C27H31N3O2S. The highest BCUT2D eigenvalue weighted by Crippen LogP contribution is 2.37. The minimum Gasteiger partial charge on any atom is -0.334 e. The highest BCUT2D eigenvalue weighted by molar-refractivity contribution is 7.10. The smallest absolute Gasteiger partial charge is 0.318 e. The van der Waals surface area contributed by atoms with Crippen LogP contribution in [0.3, 0.4) is 0 Å². The van der Waals surface area contributed by atoms with Gasteiger partial charge in [-0.05, 0) is 55.3 Å². The number of rotatable bonds is 5. The summed E-state index contributed by atoms with van der Waals surface area (Å²) in [6.45, 7) is 7.00. The lowest BCUT2D eigenvalue weighted by Gasteiger charge is -2.40. The Kier molecular flexibility index (Phi) is 6.84. The van der Waals surface area contributed by atoms with Crippen LogP contribution in [0.1, 0.15) is 48.4 Å². The maximum atomic E-state index is 13.7. The van der Waals surface area contributed by atoms with Gasteiger partial charge in [0.25, 0.3) is 0 Å². The maximum Gasteiger partial charge on any atom is 0.318 e. The number of urea groups is 1. The van der Waals surface area contributed by atoms with Crippen LogP contribution in [-0.4, -0.2) is 40.4 Å². The SMILES string of the molecule is CC(C)(C)N(CC(=O)N1CCc2sccc2C1c1ccccc1)C(=O)NCc1ccccc1. The van der Waals surface area contributed by atoms with Crippen LogP contribution in [0.5, 0.6) is 0 Å². The normalized spacial score (nSPS) is 15.6. The van der Waals surface area contributed by atoms with Crippen LogP contribution >= 0.6 is 11.3 Å². The van der Waals surface area contributed by atoms with E-state index in [2.05, 4.69) is 28.9 Å². The molecule has 1 aliphatic heterocycles. The summed E-state index contributed by atoms with van der Waals surface area (Å²) in [5.74, 6) is -0.0366. The molecule has 3 aromatic rings. The van der Waals surface area contributed by atoms with Crippen molar-refractivity contribution in [1.82, 2.24) is 15.1 Å². The van der Waals surface area contributed by atoms with Gasteiger partial charge < -0.3 is 15.1 Å². The molecule has 33 heavy (non-hydrogen) atoms. The number of carbonyl (C=O) groups excluding carboxylic acids is 2. The summed E-state index contributed by atoms with van der Waals surface area (Å²) in [5.41, 5.74) is 2.82. The third-order valence-corrected chi connectivity index (χ3v) is 7.03. The molecule has 3 amide bonds. The van der Waals surface area contributed by atoms with Gasteiger partial charge >= 0.3 is 6.03 Å². The van der Waals surface area contributed by atoms with Crippen molar-refractivity contribution < 1.29 is 9.59 Å². The first kappa shape index (κ1) is 23.1. The number of fused-ring (bicyclic) bond motifs is 1. The van der Waals surface area contributed by atoms with Gasteiger partial charge in [0.15, 0.2) is 0 Å². The molecule has 0 saturated heterocycles. The molecule has 0 radical (unpaired) electrons. The summed E-state index contributed by atoms with van der Waals surface area (Å²) in [6.07, 6.45) is 0.845. The summed E-state index contributed by atoms with van der Waals surface area (Å²) in [6, 6.07) is 21.7. The standard InChI is InChI=1S/C27H31N3O2S/c1-27(2,3)30(26(32)28-18-20-10-6-4-7-11-20)19-24(31)29-16-14-23-22(15-17-33-23)25(29)21-12-8-5-9-13-21/h4-13,15,17,25H,14,16,18-19H2,1-3H3,(H,28,32). The second kappa shape index (κ2) is 9.79. The third kappa shape index (κ3) is 5.28. The molecule has 2 aromatic carbocycles. The first-order chi connectivity index (χ1) is 15.8. The van der Waals surface area contributed by atoms with Crippen molar-refractivity contribution in [3.63, 3.8) is 0 Å². The molecule has 0 fully saturated rings. The molecule has 0 aliphatic carbocycles. The minimum atomic E-state index is -0.498. The van der Waals surface area contributed by atoms with Gasteiger partial charge in [-0.2, -0.15) is 0 Å². The molecular weight excluding hydrogens is 430 g/mol. The van der Waals surface area contributed by atoms with Gasteiger partial charge in [0.2, 0.25) is 5.91 Å². The van der Waals surface area contributed by atoms with E-state index in [1.54, 1.807) is 16.2 Å². The first-order valence-corrected chi connectivity index (χ1v) is 12.2. The molecule has 1 unspecified atom stereocenters. The van der Waals surface area contributed by atoms with E-state index in [1.165, 1.54) is 10.4 Å². The second-order valence-electron chi connectivity index (χ2n) is 9.35. The molecule has 4 rings (SSSR count). The van der Waals surface area contributed by atoms with Crippen molar-refractivity contribution in [2.45, 2.75) is 45.3 Å². The molecule has 5 nitrogen and oxygen atoms in total.